The van der Waals surface area contributed by atoms with Crippen molar-refractivity contribution in [2.45, 2.75) is 43.2 Å². The molecule has 2 atom stereocenters. The monoisotopic (exact) mass is 395 g/mol. The Bertz CT molecular complexity index is 744. The van der Waals surface area contributed by atoms with E-state index < -0.39 is 0 Å². The second-order valence-corrected chi connectivity index (χ2v) is 9.26. The minimum Gasteiger partial charge on any atom is -0.331 e. The predicted octanol–water partition coefficient (Wildman–Crippen LogP) is 2.49. The van der Waals surface area contributed by atoms with Crippen molar-refractivity contribution >= 4 is 6.03 Å². The molecule has 1 aromatic carbocycles. The van der Waals surface area contributed by atoms with Crippen LogP contribution in [0.15, 0.2) is 30.3 Å². The molecule has 156 valence electrons. The van der Waals surface area contributed by atoms with E-state index in [2.05, 4.69) is 46.6 Å². The lowest BCUT2D eigenvalue weighted by atomic mass is 9.79. The zero-order valence-electron chi connectivity index (χ0n) is 17.7. The van der Waals surface area contributed by atoms with Crippen molar-refractivity contribution in [2.75, 3.05) is 46.8 Å². The number of piperidine rings is 1. The van der Waals surface area contributed by atoms with E-state index in [1.54, 1.807) is 19.0 Å². The third-order valence-corrected chi connectivity index (χ3v) is 7.07. The van der Waals surface area contributed by atoms with Crippen LogP contribution in [-0.2, 0) is 0 Å². The highest BCUT2D eigenvalue weighted by atomic mass is 16.2. The normalized spacial score (nSPS) is 26.4. The Morgan fingerprint density at radius 1 is 1.24 bits per heavy atom. The molecule has 1 saturated carbocycles. The van der Waals surface area contributed by atoms with Crippen molar-refractivity contribution in [1.82, 2.24) is 20.0 Å². The molecule has 3 fully saturated rings. The van der Waals surface area contributed by atoms with E-state index in [1.165, 1.54) is 12.0 Å². The van der Waals surface area contributed by atoms with Crippen molar-refractivity contribution in [3.63, 3.8) is 0 Å². The van der Waals surface area contributed by atoms with Crippen LogP contribution >= 0.6 is 0 Å². The quantitative estimate of drug-likeness (QED) is 0.804. The Morgan fingerprint density at radius 3 is 2.55 bits per heavy atom. The smallest absolute Gasteiger partial charge is 0.319 e. The van der Waals surface area contributed by atoms with Gasteiger partial charge in [0.25, 0.3) is 0 Å². The Balaban J connectivity index is 1.23. The van der Waals surface area contributed by atoms with Crippen LogP contribution in [-0.4, -0.2) is 79.1 Å². The molecule has 6 nitrogen and oxygen atoms in total. The van der Waals surface area contributed by atoms with E-state index in [0.29, 0.717) is 24.3 Å². The molecular weight excluding hydrogens is 362 g/mol. The van der Waals surface area contributed by atoms with Crippen LogP contribution in [0.5, 0.6) is 0 Å². The zero-order valence-corrected chi connectivity index (χ0v) is 17.7. The third kappa shape index (κ3) is 4.26. The molecule has 2 unspecified atom stereocenters. The Hall–Kier alpha value is -2.10. The first-order valence-electron chi connectivity index (χ1n) is 10.9. The summed E-state index contributed by atoms with van der Waals surface area (Å²) in [6.07, 6.45) is 3.61. The van der Waals surface area contributed by atoms with Crippen LogP contribution in [0.25, 0.3) is 0 Å². The minimum atomic E-state index is -0.0412. The van der Waals surface area contributed by atoms with Crippen LogP contribution in [0, 0.1) is 17.2 Å². The number of benzene rings is 1. The molecule has 0 radical (unpaired) electrons. The van der Waals surface area contributed by atoms with E-state index in [1.807, 2.05) is 4.90 Å². The maximum absolute atomic E-state index is 12.2. The van der Waals surface area contributed by atoms with Crippen molar-refractivity contribution < 1.29 is 4.79 Å². The van der Waals surface area contributed by atoms with E-state index in [4.69, 9.17) is 0 Å². The maximum atomic E-state index is 12.2. The number of urea groups is 1. The highest BCUT2D eigenvalue weighted by Crippen LogP contribution is 2.41. The summed E-state index contributed by atoms with van der Waals surface area (Å²) in [4.78, 5) is 18.3. The lowest BCUT2D eigenvalue weighted by Crippen LogP contribution is -2.65. The average Bonchev–Trinajstić information content (AvgIpc) is 3.47. The van der Waals surface area contributed by atoms with Crippen molar-refractivity contribution in [3.05, 3.63) is 35.9 Å². The summed E-state index contributed by atoms with van der Waals surface area (Å²) in [5.74, 6) is 1.35. The van der Waals surface area contributed by atoms with Gasteiger partial charge in [-0.25, -0.2) is 4.79 Å². The first-order valence-corrected chi connectivity index (χ1v) is 10.9. The highest BCUT2D eigenvalue weighted by molar-refractivity contribution is 5.73. The fourth-order valence-electron chi connectivity index (χ4n) is 5.04. The molecule has 2 aliphatic heterocycles. The van der Waals surface area contributed by atoms with Crippen molar-refractivity contribution in [2.24, 2.45) is 5.92 Å². The van der Waals surface area contributed by atoms with Gasteiger partial charge in [0.1, 0.15) is 0 Å². The Labute approximate surface area is 174 Å². The standard InChI is InChI=1S/C23H33N5O/c1-26(2)22(29)27-12-9-23(8-11-24,10-13-27)28-16-18(17-28)15-25-21-14-20(21)19-6-4-3-5-7-19/h3-7,18,20-21,25H,8-10,12-17H2,1-2H3. The van der Waals surface area contributed by atoms with Gasteiger partial charge < -0.3 is 15.1 Å². The maximum Gasteiger partial charge on any atom is 0.319 e. The van der Waals surface area contributed by atoms with Gasteiger partial charge in [-0.05, 0) is 30.7 Å². The van der Waals surface area contributed by atoms with Crippen molar-refractivity contribution in [1.29, 1.82) is 5.26 Å². The van der Waals surface area contributed by atoms with E-state index in [-0.39, 0.29) is 11.6 Å². The number of nitrogens with zero attached hydrogens (tertiary/aromatic N) is 4. The van der Waals surface area contributed by atoms with Gasteiger partial charge in [-0.3, -0.25) is 4.90 Å². The molecular formula is C23H33N5O. The van der Waals surface area contributed by atoms with E-state index in [0.717, 1.165) is 45.6 Å². The Kier molecular flexibility index (Phi) is 5.80. The van der Waals surface area contributed by atoms with Gasteiger partial charge in [0, 0.05) is 64.3 Å². The van der Waals surface area contributed by atoms with Crippen LogP contribution in [0.1, 0.15) is 37.2 Å². The van der Waals surface area contributed by atoms with Gasteiger partial charge in [-0.1, -0.05) is 30.3 Å². The van der Waals surface area contributed by atoms with Gasteiger partial charge in [-0.2, -0.15) is 5.26 Å². The molecule has 2 amide bonds. The van der Waals surface area contributed by atoms with E-state index in [9.17, 15) is 10.1 Å². The van der Waals surface area contributed by atoms with Crippen LogP contribution in [0.4, 0.5) is 4.79 Å². The molecule has 2 heterocycles. The predicted molar refractivity (Wildman–Crippen MR) is 114 cm³/mol. The van der Waals surface area contributed by atoms with Crippen LogP contribution in [0.2, 0.25) is 0 Å². The summed E-state index contributed by atoms with van der Waals surface area (Å²) in [5, 5.41) is 13.2. The molecule has 0 spiro atoms. The van der Waals surface area contributed by atoms with Crippen molar-refractivity contribution in [3.8, 4) is 6.07 Å². The van der Waals surface area contributed by atoms with Crippen LogP contribution in [0.3, 0.4) is 0 Å². The second kappa shape index (κ2) is 8.33. The first kappa shape index (κ1) is 20.2. The first-order chi connectivity index (χ1) is 14.0. The molecule has 6 heteroatoms. The number of rotatable bonds is 6. The number of hydrogen-bond donors (Lipinski definition) is 1. The summed E-state index contributed by atoms with van der Waals surface area (Å²) in [6.45, 7) is 4.70. The number of amides is 2. The number of carbonyl (C=O) groups is 1. The van der Waals surface area contributed by atoms with E-state index >= 15 is 0 Å². The molecule has 1 aromatic rings. The molecule has 3 aliphatic rings. The van der Waals surface area contributed by atoms with Gasteiger partial charge in [0.2, 0.25) is 0 Å². The zero-order chi connectivity index (χ0) is 20.4. The fourth-order valence-corrected chi connectivity index (χ4v) is 5.04. The molecule has 1 aliphatic carbocycles. The van der Waals surface area contributed by atoms with Gasteiger partial charge in [0.15, 0.2) is 0 Å². The highest BCUT2D eigenvalue weighted by Gasteiger charge is 2.46. The Morgan fingerprint density at radius 2 is 1.93 bits per heavy atom. The number of nitriles is 1. The average molecular weight is 396 g/mol. The summed E-state index contributed by atoms with van der Waals surface area (Å²) < 4.78 is 0. The summed E-state index contributed by atoms with van der Waals surface area (Å²) in [5.41, 5.74) is 1.41. The SMILES string of the molecule is CN(C)C(=O)N1CCC(CC#N)(N2CC(CNC3CC3c3ccccc3)C2)CC1. The topological polar surface area (TPSA) is 62.6 Å². The number of likely N-dealkylation sites (tertiary alicyclic amines) is 2. The minimum absolute atomic E-state index is 0.0412. The lowest BCUT2D eigenvalue weighted by molar-refractivity contribution is -0.0441. The van der Waals surface area contributed by atoms with Gasteiger partial charge >= 0.3 is 6.03 Å². The molecule has 0 bridgehead atoms. The van der Waals surface area contributed by atoms with Crippen LogP contribution < -0.4 is 5.32 Å². The molecule has 1 N–H and O–H groups in total. The molecule has 29 heavy (non-hydrogen) atoms. The summed E-state index contributed by atoms with van der Waals surface area (Å²) in [6, 6.07) is 13.9. The summed E-state index contributed by atoms with van der Waals surface area (Å²) in [7, 11) is 3.60. The number of hydrogen-bond acceptors (Lipinski definition) is 4. The number of carbonyl (C=O) groups excluding carboxylic acids is 1. The molecule has 4 rings (SSSR count). The molecule has 0 aromatic heterocycles. The number of nitrogens with one attached hydrogen (secondary N) is 1. The third-order valence-electron chi connectivity index (χ3n) is 7.07. The fraction of sp³-hybridized carbons (Fsp3) is 0.652. The molecule has 2 saturated heterocycles. The second-order valence-electron chi connectivity index (χ2n) is 9.26. The lowest BCUT2D eigenvalue weighted by Gasteiger charge is -2.54. The largest absolute Gasteiger partial charge is 0.331 e. The summed E-state index contributed by atoms with van der Waals surface area (Å²) >= 11 is 0. The van der Waals surface area contributed by atoms with Gasteiger partial charge in [0.05, 0.1) is 12.5 Å². The van der Waals surface area contributed by atoms with Gasteiger partial charge in [-0.15, -0.1) is 0 Å².